The third-order valence-corrected chi connectivity index (χ3v) is 5.25. The number of rotatable bonds is 7. The zero-order valence-electron chi connectivity index (χ0n) is 11.8. The molecule has 0 spiro atoms. The number of aliphatic imine (C=N–C) groups is 1. The molecular formula is C12H22IN3O2S2. The van der Waals surface area contributed by atoms with Crippen molar-refractivity contribution in [1.82, 2.24) is 10.6 Å². The molecule has 1 rings (SSSR count). The van der Waals surface area contributed by atoms with Gasteiger partial charge in [0.2, 0.25) is 0 Å². The Kier molecular flexibility index (Phi) is 10.2. The molecular weight excluding hydrogens is 409 g/mol. The molecule has 0 aliphatic rings. The van der Waals surface area contributed by atoms with Gasteiger partial charge in [0.1, 0.15) is 0 Å². The van der Waals surface area contributed by atoms with Gasteiger partial charge < -0.3 is 10.6 Å². The maximum atomic E-state index is 11.3. The Balaban J connectivity index is 0.00000361. The molecule has 116 valence electrons. The Bertz CT molecular complexity index is 487. The smallest absolute Gasteiger partial charge is 0.191 e. The minimum atomic E-state index is -2.92. The summed E-state index contributed by atoms with van der Waals surface area (Å²) in [6.45, 7) is 2.82. The summed E-state index contributed by atoms with van der Waals surface area (Å²) >= 11 is 1.73. The van der Waals surface area contributed by atoms with Gasteiger partial charge in [-0.05, 0) is 17.9 Å². The van der Waals surface area contributed by atoms with Crippen LogP contribution in [0, 0.1) is 0 Å². The molecule has 0 bridgehead atoms. The van der Waals surface area contributed by atoms with E-state index < -0.39 is 9.84 Å². The van der Waals surface area contributed by atoms with Crippen LogP contribution in [0.5, 0.6) is 0 Å². The van der Waals surface area contributed by atoms with E-state index in [1.807, 2.05) is 6.07 Å². The van der Waals surface area contributed by atoms with Crippen molar-refractivity contribution in [1.29, 1.82) is 0 Å². The van der Waals surface area contributed by atoms with Gasteiger partial charge in [-0.25, -0.2) is 8.42 Å². The number of thiophene rings is 1. The molecule has 1 aromatic heterocycles. The lowest BCUT2D eigenvalue weighted by atomic mass is 10.3. The molecule has 2 N–H and O–H groups in total. The summed E-state index contributed by atoms with van der Waals surface area (Å²) in [5, 5.41) is 8.22. The fraction of sp³-hybridized carbons (Fsp3) is 0.583. The van der Waals surface area contributed by atoms with Gasteiger partial charge in [0.25, 0.3) is 0 Å². The maximum absolute atomic E-state index is 11.3. The molecule has 20 heavy (non-hydrogen) atoms. The molecule has 1 aromatic rings. The van der Waals surface area contributed by atoms with Gasteiger partial charge in [0, 0.05) is 30.8 Å². The van der Waals surface area contributed by atoms with Crippen LogP contribution >= 0.6 is 35.3 Å². The molecule has 0 atom stereocenters. The highest BCUT2D eigenvalue weighted by Crippen LogP contribution is 2.07. The van der Waals surface area contributed by atoms with E-state index in [1.165, 1.54) is 4.88 Å². The van der Waals surface area contributed by atoms with Crippen molar-refractivity contribution < 1.29 is 8.42 Å². The Morgan fingerprint density at radius 3 is 2.60 bits per heavy atom. The van der Waals surface area contributed by atoms with E-state index in [4.69, 9.17) is 0 Å². The summed E-state index contributed by atoms with van der Waals surface area (Å²) in [6.07, 6.45) is 0.936. The van der Waals surface area contributed by atoms with Crippen LogP contribution in [0.3, 0.4) is 0 Å². The van der Waals surface area contributed by atoms with E-state index >= 15 is 0 Å². The second-order valence-corrected chi connectivity index (χ2v) is 7.50. The van der Waals surface area contributed by atoms with E-state index in [-0.39, 0.29) is 35.5 Å². The summed E-state index contributed by atoms with van der Waals surface area (Å²) < 4.78 is 22.7. The normalized spacial score (nSPS) is 11.8. The molecule has 5 nitrogen and oxygen atoms in total. The van der Waals surface area contributed by atoms with Crippen LogP contribution in [0.15, 0.2) is 22.5 Å². The summed E-state index contributed by atoms with van der Waals surface area (Å²) in [5.41, 5.74) is 0. The molecule has 0 aromatic carbocycles. The van der Waals surface area contributed by atoms with Crippen molar-refractivity contribution in [3.05, 3.63) is 22.4 Å². The molecule has 8 heteroatoms. The predicted octanol–water partition coefficient (Wildman–Crippen LogP) is 1.51. The molecule has 0 fully saturated rings. The number of halogens is 1. The first-order valence-electron chi connectivity index (χ1n) is 6.24. The Morgan fingerprint density at radius 1 is 1.35 bits per heavy atom. The quantitative estimate of drug-likeness (QED) is 0.390. The maximum Gasteiger partial charge on any atom is 0.191 e. The number of hydrogen-bond acceptors (Lipinski definition) is 4. The van der Waals surface area contributed by atoms with Gasteiger partial charge in [-0.2, -0.15) is 0 Å². The number of hydrogen-bond donors (Lipinski definition) is 2. The minimum absolute atomic E-state index is 0. The lowest BCUT2D eigenvalue weighted by Gasteiger charge is -2.11. The summed E-state index contributed by atoms with van der Waals surface area (Å²) in [4.78, 5) is 5.37. The van der Waals surface area contributed by atoms with Gasteiger partial charge in [-0.1, -0.05) is 13.0 Å². The average Bonchev–Trinajstić information content (AvgIpc) is 2.90. The predicted molar refractivity (Wildman–Crippen MR) is 97.1 cm³/mol. The zero-order valence-corrected chi connectivity index (χ0v) is 15.7. The Labute approximate surface area is 142 Å². The van der Waals surface area contributed by atoms with Crippen molar-refractivity contribution in [2.45, 2.75) is 13.3 Å². The van der Waals surface area contributed by atoms with Crippen LogP contribution in [-0.2, 0) is 16.3 Å². The summed E-state index contributed by atoms with van der Waals surface area (Å²) in [6, 6.07) is 4.12. The Morgan fingerprint density at radius 2 is 2.05 bits per heavy atom. The van der Waals surface area contributed by atoms with Crippen molar-refractivity contribution in [2.24, 2.45) is 4.99 Å². The lowest BCUT2D eigenvalue weighted by Crippen LogP contribution is -2.40. The van der Waals surface area contributed by atoms with Gasteiger partial charge >= 0.3 is 0 Å². The average molecular weight is 431 g/mol. The zero-order chi connectivity index (χ0) is 14.1. The molecule has 0 amide bonds. The third-order valence-electron chi connectivity index (χ3n) is 2.61. The molecule has 0 radical (unpaired) electrons. The van der Waals surface area contributed by atoms with Crippen LogP contribution in [0.1, 0.15) is 11.8 Å². The number of sulfone groups is 1. The van der Waals surface area contributed by atoms with E-state index in [9.17, 15) is 8.42 Å². The van der Waals surface area contributed by atoms with E-state index in [0.717, 1.165) is 13.0 Å². The van der Waals surface area contributed by atoms with Gasteiger partial charge in [-0.3, -0.25) is 4.99 Å². The molecule has 0 aliphatic heterocycles. The van der Waals surface area contributed by atoms with Gasteiger partial charge in [-0.15, -0.1) is 35.3 Å². The summed E-state index contributed by atoms with van der Waals surface area (Å²) in [5.74, 6) is 0.955. The standard InChI is InChI=1S/C12H21N3O2S2.HI/c1-3-19(16,17)10-8-15-12(13-2)14-7-6-11-5-4-9-18-11;/h4-5,9H,3,6-8,10H2,1-2H3,(H2,13,14,15);1H. The molecule has 0 aliphatic carbocycles. The number of nitrogens with one attached hydrogen (secondary N) is 2. The highest BCUT2D eigenvalue weighted by Gasteiger charge is 2.07. The first-order chi connectivity index (χ1) is 9.07. The highest BCUT2D eigenvalue weighted by atomic mass is 127. The minimum Gasteiger partial charge on any atom is -0.356 e. The van der Waals surface area contributed by atoms with Crippen molar-refractivity contribution >= 4 is 51.1 Å². The van der Waals surface area contributed by atoms with E-state index in [1.54, 1.807) is 25.3 Å². The van der Waals surface area contributed by atoms with Crippen LogP contribution in [0.25, 0.3) is 0 Å². The number of guanidine groups is 1. The highest BCUT2D eigenvalue weighted by molar-refractivity contribution is 14.0. The van der Waals surface area contributed by atoms with E-state index in [2.05, 4.69) is 27.1 Å². The number of nitrogens with zero attached hydrogens (tertiary/aromatic N) is 1. The monoisotopic (exact) mass is 431 g/mol. The second-order valence-electron chi connectivity index (χ2n) is 3.99. The van der Waals surface area contributed by atoms with E-state index in [0.29, 0.717) is 12.5 Å². The second kappa shape index (κ2) is 10.4. The van der Waals surface area contributed by atoms with Crippen molar-refractivity contribution in [3.63, 3.8) is 0 Å². The van der Waals surface area contributed by atoms with Crippen LogP contribution in [0.4, 0.5) is 0 Å². The largest absolute Gasteiger partial charge is 0.356 e. The fourth-order valence-electron chi connectivity index (χ4n) is 1.45. The first kappa shape index (κ1) is 19.7. The molecule has 0 unspecified atom stereocenters. The van der Waals surface area contributed by atoms with Crippen LogP contribution in [-0.4, -0.2) is 46.0 Å². The topological polar surface area (TPSA) is 70.6 Å². The SMILES string of the molecule is CCS(=O)(=O)CCNC(=NC)NCCc1cccs1.I. The van der Waals surface area contributed by atoms with Crippen LogP contribution < -0.4 is 10.6 Å². The van der Waals surface area contributed by atoms with Crippen molar-refractivity contribution in [2.75, 3.05) is 31.6 Å². The summed E-state index contributed by atoms with van der Waals surface area (Å²) in [7, 11) is -1.25. The lowest BCUT2D eigenvalue weighted by molar-refractivity contribution is 0.595. The molecule has 0 saturated heterocycles. The van der Waals surface area contributed by atoms with Crippen molar-refractivity contribution in [3.8, 4) is 0 Å². The Hall–Kier alpha value is -0.350. The van der Waals surface area contributed by atoms with Gasteiger partial charge in [0.15, 0.2) is 15.8 Å². The first-order valence-corrected chi connectivity index (χ1v) is 8.95. The fourth-order valence-corrected chi connectivity index (χ4v) is 2.86. The van der Waals surface area contributed by atoms with Crippen LogP contribution in [0.2, 0.25) is 0 Å². The molecule has 1 heterocycles. The van der Waals surface area contributed by atoms with Gasteiger partial charge in [0.05, 0.1) is 5.75 Å². The third kappa shape index (κ3) is 8.05. The molecule has 0 saturated carbocycles.